The van der Waals surface area contributed by atoms with Crippen molar-refractivity contribution in [2.24, 2.45) is 5.73 Å². The fourth-order valence-electron chi connectivity index (χ4n) is 2.31. The molecule has 0 aromatic carbocycles. The summed E-state index contributed by atoms with van der Waals surface area (Å²) in [5.74, 6) is 0.692. The molecular weight excluding hydrogens is 296 g/mol. The first-order valence-corrected chi connectivity index (χ1v) is 6.71. The number of rotatable bonds is 3. The summed E-state index contributed by atoms with van der Waals surface area (Å²) in [6.45, 7) is 0.959. The zero-order valence-corrected chi connectivity index (χ0v) is 12.2. The number of aromatic nitrogens is 2. The predicted octanol–water partition coefficient (Wildman–Crippen LogP) is 2.06. The normalized spacial score (nSPS) is 18.8. The van der Waals surface area contributed by atoms with E-state index in [4.69, 9.17) is 14.7 Å². The van der Waals surface area contributed by atoms with Crippen molar-refractivity contribution in [3.05, 3.63) is 23.7 Å². The van der Waals surface area contributed by atoms with Gasteiger partial charge in [0, 0.05) is 0 Å². The van der Waals surface area contributed by atoms with Crippen LogP contribution in [0.5, 0.6) is 0 Å². The predicted molar refractivity (Wildman–Crippen MR) is 77.0 cm³/mol. The number of carbonyl (C=O) groups excluding carboxylic acids is 1. The number of nitrogens with one attached hydrogen (secondary N) is 1. The Balaban J connectivity index is 0.00000161. The van der Waals surface area contributed by atoms with Gasteiger partial charge in [-0.2, -0.15) is 4.98 Å². The molecule has 21 heavy (non-hydrogen) atoms. The molecule has 0 radical (unpaired) electrons. The highest BCUT2D eigenvalue weighted by molar-refractivity contribution is 5.90. The quantitative estimate of drug-likeness (QED) is 0.898. The first-order valence-electron chi connectivity index (χ1n) is 6.71. The van der Waals surface area contributed by atoms with Gasteiger partial charge in [-0.25, -0.2) is 0 Å². The lowest BCUT2D eigenvalue weighted by molar-refractivity contribution is 0.0974. The van der Waals surface area contributed by atoms with Crippen LogP contribution in [0, 0.1) is 0 Å². The maximum atomic E-state index is 11.0. The second kappa shape index (κ2) is 6.73. The number of primary amides is 1. The Hall–Kier alpha value is -1.86. The van der Waals surface area contributed by atoms with E-state index >= 15 is 0 Å². The number of nitrogens with two attached hydrogens (primary N) is 1. The molecule has 0 bridgehead atoms. The van der Waals surface area contributed by atoms with Gasteiger partial charge in [0.15, 0.2) is 17.3 Å². The Morgan fingerprint density at radius 1 is 1.33 bits per heavy atom. The zero-order chi connectivity index (χ0) is 13.9. The molecule has 1 amide bonds. The van der Waals surface area contributed by atoms with E-state index in [2.05, 4.69) is 15.5 Å². The molecule has 3 rings (SSSR count). The van der Waals surface area contributed by atoms with Gasteiger partial charge in [-0.15, -0.1) is 12.4 Å². The van der Waals surface area contributed by atoms with Gasteiger partial charge in [-0.3, -0.25) is 4.79 Å². The number of hydrogen-bond donors (Lipinski definition) is 2. The average Bonchev–Trinajstić information content (AvgIpc) is 3.02. The van der Waals surface area contributed by atoms with Crippen LogP contribution >= 0.6 is 12.4 Å². The first-order chi connectivity index (χ1) is 9.74. The van der Waals surface area contributed by atoms with Crippen LogP contribution in [0.3, 0.4) is 0 Å². The summed E-state index contributed by atoms with van der Waals surface area (Å²) in [4.78, 5) is 15.3. The molecule has 0 spiro atoms. The second-order valence-electron chi connectivity index (χ2n) is 4.84. The number of carbonyl (C=O) groups is 1. The summed E-state index contributed by atoms with van der Waals surface area (Å²) in [6, 6.07) is 3.20. The molecule has 7 nitrogen and oxygen atoms in total. The van der Waals surface area contributed by atoms with Crippen molar-refractivity contribution in [1.29, 1.82) is 0 Å². The third kappa shape index (κ3) is 3.43. The summed E-state index contributed by atoms with van der Waals surface area (Å²) < 4.78 is 10.5. The fraction of sp³-hybridized carbons (Fsp3) is 0.462. The minimum Gasteiger partial charge on any atom is -0.446 e. The van der Waals surface area contributed by atoms with Gasteiger partial charge in [-0.1, -0.05) is 18.0 Å². The van der Waals surface area contributed by atoms with Crippen molar-refractivity contribution in [2.75, 3.05) is 6.54 Å². The SMILES string of the molecule is Cl.NC(=O)c1ccc(-c2nc(C3CCCCCN3)no2)o1. The lowest BCUT2D eigenvalue weighted by atomic mass is 10.1. The topological polar surface area (TPSA) is 107 Å². The van der Waals surface area contributed by atoms with Crippen molar-refractivity contribution >= 4 is 18.3 Å². The summed E-state index contributed by atoms with van der Waals surface area (Å²) in [6.07, 6.45) is 4.52. The van der Waals surface area contributed by atoms with Gasteiger partial charge in [0.05, 0.1) is 6.04 Å². The Bertz CT molecular complexity index is 602. The van der Waals surface area contributed by atoms with E-state index in [1.54, 1.807) is 6.07 Å². The molecule has 1 unspecified atom stereocenters. The smallest absolute Gasteiger partial charge is 0.293 e. The number of furan rings is 1. The van der Waals surface area contributed by atoms with Gasteiger partial charge in [0.25, 0.3) is 11.8 Å². The Morgan fingerprint density at radius 2 is 2.19 bits per heavy atom. The molecule has 3 N–H and O–H groups in total. The van der Waals surface area contributed by atoms with Crippen molar-refractivity contribution in [3.8, 4) is 11.7 Å². The third-order valence-electron chi connectivity index (χ3n) is 3.37. The van der Waals surface area contributed by atoms with E-state index in [-0.39, 0.29) is 30.1 Å². The van der Waals surface area contributed by atoms with E-state index in [1.165, 1.54) is 18.9 Å². The number of halogens is 1. The lowest BCUT2D eigenvalue weighted by Crippen LogP contribution is -2.21. The molecule has 2 aromatic rings. The van der Waals surface area contributed by atoms with E-state index in [0.29, 0.717) is 11.6 Å². The Morgan fingerprint density at radius 3 is 2.95 bits per heavy atom. The van der Waals surface area contributed by atoms with E-state index in [0.717, 1.165) is 19.4 Å². The second-order valence-corrected chi connectivity index (χ2v) is 4.84. The van der Waals surface area contributed by atoms with Crippen molar-refractivity contribution < 1.29 is 13.7 Å². The van der Waals surface area contributed by atoms with Crippen molar-refractivity contribution in [3.63, 3.8) is 0 Å². The monoisotopic (exact) mass is 312 g/mol. The van der Waals surface area contributed by atoms with E-state index in [1.807, 2.05) is 0 Å². The Labute approximate surface area is 127 Å². The molecular formula is C13H17ClN4O3. The van der Waals surface area contributed by atoms with Crippen LogP contribution in [-0.4, -0.2) is 22.6 Å². The summed E-state index contributed by atoms with van der Waals surface area (Å²) in [5.41, 5.74) is 5.14. The van der Waals surface area contributed by atoms with Gasteiger partial charge in [-0.05, 0) is 31.5 Å². The minimum absolute atomic E-state index is 0. The number of amides is 1. The maximum absolute atomic E-state index is 11.0. The van der Waals surface area contributed by atoms with Crippen LogP contribution in [-0.2, 0) is 0 Å². The largest absolute Gasteiger partial charge is 0.446 e. The fourth-order valence-corrected chi connectivity index (χ4v) is 2.31. The molecule has 0 aliphatic carbocycles. The zero-order valence-electron chi connectivity index (χ0n) is 11.4. The van der Waals surface area contributed by atoms with E-state index in [9.17, 15) is 4.79 Å². The molecule has 1 aliphatic heterocycles. The molecule has 2 aromatic heterocycles. The van der Waals surface area contributed by atoms with Crippen molar-refractivity contribution in [2.45, 2.75) is 31.7 Å². The minimum atomic E-state index is -0.624. The molecule has 1 aliphatic rings. The highest BCUT2D eigenvalue weighted by Crippen LogP contribution is 2.25. The van der Waals surface area contributed by atoms with Crippen molar-refractivity contribution in [1.82, 2.24) is 15.5 Å². The molecule has 0 saturated carbocycles. The summed E-state index contributed by atoms with van der Waals surface area (Å²) >= 11 is 0. The molecule has 1 fully saturated rings. The van der Waals surface area contributed by atoms with Crippen LogP contribution in [0.25, 0.3) is 11.7 Å². The Kier molecular flexibility index (Phi) is 4.98. The molecule has 1 atom stereocenters. The van der Waals surface area contributed by atoms with Crippen LogP contribution in [0.4, 0.5) is 0 Å². The van der Waals surface area contributed by atoms with Crippen LogP contribution in [0.15, 0.2) is 21.1 Å². The van der Waals surface area contributed by atoms with Crippen LogP contribution in [0.1, 0.15) is 48.1 Å². The summed E-state index contributed by atoms with van der Waals surface area (Å²) in [5, 5.41) is 7.38. The molecule has 8 heteroatoms. The van der Waals surface area contributed by atoms with Gasteiger partial charge >= 0.3 is 0 Å². The number of nitrogens with zero attached hydrogens (tertiary/aromatic N) is 2. The highest BCUT2D eigenvalue weighted by atomic mass is 35.5. The van der Waals surface area contributed by atoms with Gasteiger partial charge < -0.3 is 20.0 Å². The molecule has 114 valence electrons. The van der Waals surface area contributed by atoms with E-state index < -0.39 is 5.91 Å². The first kappa shape index (κ1) is 15.5. The highest BCUT2D eigenvalue weighted by Gasteiger charge is 2.21. The summed E-state index contributed by atoms with van der Waals surface area (Å²) in [7, 11) is 0. The average molecular weight is 313 g/mol. The van der Waals surface area contributed by atoms with Gasteiger partial charge in [0.2, 0.25) is 0 Å². The van der Waals surface area contributed by atoms with Gasteiger partial charge in [0.1, 0.15) is 0 Å². The number of hydrogen-bond acceptors (Lipinski definition) is 6. The van der Waals surface area contributed by atoms with Crippen LogP contribution < -0.4 is 11.1 Å². The molecule has 1 saturated heterocycles. The standard InChI is InChI=1S/C13H16N4O3.ClH/c14-11(18)9-5-6-10(19-9)13-16-12(17-20-13)8-4-2-1-3-7-15-8;/h5-6,8,15H,1-4,7H2,(H2,14,18);1H. The molecule has 3 heterocycles. The third-order valence-corrected chi connectivity index (χ3v) is 3.37. The van der Waals surface area contributed by atoms with Crippen LogP contribution in [0.2, 0.25) is 0 Å². The maximum Gasteiger partial charge on any atom is 0.293 e. The lowest BCUT2D eigenvalue weighted by Gasteiger charge is -2.09.